The zero-order chi connectivity index (χ0) is 13.0. The second-order valence-electron chi connectivity index (χ2n) is 3.91. The minimum Gasteiger partial charge on any atom is -0.508 e. The first-order chi connectivity index (χ1) is 8.63. The lowest BCUT2D eigenvalue weighted by molar-refractivity contribution is -0.115. The zero-order valence-electron chi connectivity index (χ0n) is 9.56. The van der Waals surface area contributed by atoms with Crippen LogP contribution in [0, 0.1) is 0 Å². The molecule has 0 unspecified atom stereocenters. The van der Waals surface area contributed by atoms with Crippen molar-refractivity contribution in [3.63, 3.8) is 0 Å². The van der Waals surface area contributed by atoms with Gasteiger partial charge < -0.3 is 10.4 Å². The van der Waals surface area contributed by atoms with Gasteiger partial charge in [-0.2, -0.15) is 0 Å². The number of benzene rings is 2. The second kappa shape index (κ2) is 5.69. The smallest absolute Gasteiger partial charge is 0.228 e. The van der Waals surface area contributed by atoms with E-state index >= 15 is 0 Å². The molecule has 2 N–H and O–H groups in total. The monoisotopic (exact) mass is 305 g/mol. The predicted octanol–water partition coefficient (Wildman–Crippen LogP) is 3.34. The van der Waals surface area contributed by atoms with E-state index in [4.69, 9.17) is 0 Å². The number of carbonyl (C=O) groups is 1. The summed E-state index contributed by atoms with van der Waals surface area (Å²) in [4.78, 5) is 11.8. The van der Waals surface area contributed by atoms with E-state index in [1.807, 2.05) is 24.3 Å². The van der Waals surface area contributed by atoms with Crippen molar-refractivity contribution in [1.82, 2.24) is 0 Å². The minimum absolute atomic E-state index is 0.112. The third-order valence-electron chi connectivity index (χ3n) is 2.38. The molecule has 0 aliphatic rings. The lowest BCUT2D eigenvalue weighted by atomic mass is 10.1. The molecule has 0 saturated carbocycles. The number of aromatic hydroxyl groups is 1. The molecule has 3 nitrogen and oxygen atoms in total. The van der Waals surface area contributed by atoms with Crippen LogP contribution in [-0.2, 0) is 11.2 Å². The normalized spacial score (nSPS) is 10.1. The summed E-state index contributed by atoms with van der Waals surface area (Å²) in [6.07, 6.45) is 0.301. The van der Waals surface area contributed by atoms with Gasteiger partial charge in [0.1, 0.15) is 5.75 Å². The van der Waals surface area contributed by atoms with Gasteiger partial charge in [0.2, 0.25) is 5.91 Å². The molecule has 0 bridgehead atoms. The average Bonchev–Trinajstić information content (AvgIpc) is 2.28. The fourth-order valence-corrected chi connectivity index (χ4v) is 2.07. The highest BCUT2D eigenvalue weighted by atomic mass is 79.9. The summed E-state index contributed by atoms with van der Waals surface area (Å²) >= 11 is 3.36. The number of halogens is 1. The van der Waals surface area contributed by atoms with Gasteiger partial charge in [-0.3, -0.25) is 4.79 Å². The standard InChI is InChI=1S/C14H12BrNO2/c15-11-4-1-3-10(7-11)8-14(18)16-12-5-2-6-13(17)9-12/h1-7,9,17H,8H2,(H,16,18). The molecule has 1 amide bonds. The Morgan fingerprint density at radius 1 is 1.17 bits per heavy atom. The van der Waals surface area contributed by atoms with E-state index in [-0.39, 0.29) is 11.7 Å². The van der Waals surface area contributed by atoms with Crippen molar-refractivity contribution in [1.29, 1.82) is 0 Å². The molecule has 2 rings (SSSR count). The Kier molecular flexibility index (Phi) is 3.99. The van der Waals surface area contributed by atoms with Crippen molar-refractivity contribution in [3.8, 4) is 5.75 Å². The van der Waals surface area contributed by atoms with E-state index in [1.54, 1.807) is 18.2 Å². The summed E-state index contributed by atoms with van der Waals surface area (Å²) in [6.45, 7) is 0. The molecule has 0 fully saturated rings. The number of anilines is 1. The second-order valence-corrected chi connectivity index (χ2v) is 4.82. The van der Waals surface area contributed by atoms with Gasteiger partial charge in [0.05, 0.1) is 6.42 Å². The molecular weight excluding hydrogens is 294 g/mol. The van der Waals surface area contributed by atoms with Gasteiger partial charge >= 0.3 is 0 Å². The van der Waals surface area contributed by atoms with E-state index in [1.165, 1.54) is 6.07 Å². The summed E-state index contributed by atoms with van der Waals surface area (Å²) in [5.74, 6) is 0.0222. The van der Waals surface area contributed by atoms with Crippen molar-refractivity contribution in [2.24, 2.45) is 0 Å². The van der Waals surface area contributed by atoms with Crippen molar-refractivity contribution >= 4 is 27.5 Å². The number of phenolic OH excluding ortho intramolecular Hbond substituents is 1. The molecule has 2 aromatic rings. The number of rotatable bonds is 3. The largest absolute Gasteiger partial charge is 0.508 e. The molecular formula is C14H12BrNO2. The van der Waals surface area contributed by atoms with Crippen molar-refractivity contribution < 1.29 is 9.90 Å². The lowest BCUT2D eigenvalue weighted by Crippen LogP contribution is -2.14. The summed E-state index contributed by atoms with van der Waals surface area (Å²) in [5.41, 5.74) is 1.53. The molecule has 2 aromatic carbocycles. The van der Waals surface area contributed by atoms with Crippen molar-refractivity contribution in [2.45, 2.75) is 6.42 Å². The van der Waals surface area contributed by atoms with Gasteiger partial charge in [-0.05, 0) is 29.8 Å². The van der Waals surface area contributed by atoms with Crippen molar-refractivity contribution in [3.05, 3.63) is 58.6 Å². The van der Waals surface area contributed by atoms with Crippen LogP contribution in [-0.4, -0.2) is 11.0 Å². The van der Waals surface area contributed by atoms with Gasteiger partial charge in [-0.25, -0.2) is 0 Å². The van der Waals surface area contributed by atoms with E-state index in [0.717, 1.165) is 10.0 Å². The maximum Gasteiger partial charge on any atom is 0.228 e. The van der Waals surface area contributed by atoms with Gasteiger partial charge in [-0.1, -0.05) is 34.1 Å². The highest BCUT2D eigenvalue weighted by Crippen LogP contribution is 2.16. The maximum absolute atomic E-state index is 11.8. The summed E-state index contributed by atoms with van der Waals surface area (Å²) in [6, 6.07) is 14.1. The van der Waals surface area contributed by atoms with Crippen LogP contribution < -0.4 is 5.32 Å². The number of phenols is 1. The van der Waals surface area contributed by atoms with E-state index < -0.39 is 0 Å². The highest BCUT2D eigenvalue weighted by Gasteiger charge is 2.04. The van der Waals surface area contributed by atoms with Crippen LogP contribution in [0.15, 0.2) is 53.0 Å². The van der Waals surface area contributed by atoms with Gasteiger partial charge in [-0.15, -0.1) is 0 Å². The molecule has 0 radical (unpaired) electrons. The Labute approximate surface area is 114 Å². The highest BCUT2D eigenvalue weighted by molar-refractivity contribution is 9.10. The predicted molar refractivity (Wildman–Crippen MR) is 74.6 cm³/mol. The first kappa shape index (κ1) is 12.6. The molecule has 0 aromatic heterocycles. The van der Waals surface area contributed by atoms with E-state index in [9.17, 15) is 9.90 Å². The Morgan fingerprint density at radius 3 is 2.67 bits per heavy atom. The van der Waals surface area contributed by atoms with Gasteiger partial charge in [0.25, 0.3) is 0 Å². The summed E-state index contributed by atoms with van der Waals surface area (Å²) in [7, 11) is 0. The van der Waals surface area contributed by atoms with Crippen LogP contribution >= 0.6 is 15.9 Å². The van der Waals surface area contributed by atoms with Gasteiger partial charge in [0.15, 0.2) is 0 Å². The molecule has 0 heterocycles. The van der Waals surface area contributed by atoms with Crippen LogP contribution in [0.1, 0.15) is 5.56 Å². The Balaban J connectivity index is 2.01. The van der Waals surface area contributed by atoms with Gasteiger partial charge in [0, 0.05) is 16.2 Å². The third kappa shape index (κ3) is 3.60. The van der Waals surface area contributed by atoms with Crippen LogP contribution in [0.3, 0.4) is 0 Å². The molecule has 0 spiro atoms. The Hall–Kier alpha value is -1.81. The zero-order valence-corrected chi connectivity index (χ0v) is 11.1. The number of nitrogens with one attached hydrogen (secondary N) is 1. The summed E-state index contributed by atoms with van der Waals surface area (Å²) < 4.78 is 0.949. The van der Waals surface area contributed by atoms with Crippen molar-refractivity contribution in [2.75, 3.05) is 5.32 Å². The van der Waals surface area contributed by atoms with Crippen LogP contribution in [0.5, 0.6) is 5.75 Å². The number of hydrogen-bond donors (Lipinski definition) is 2. The van der Waals surface area contributed by atoms with Crippen LogP contribution in [0.4, 0.5) is 5.69 Å². The average molecular weight is 306 g/mol. The Bertz CT molecular complexity index is 520. The molecule has 0 aliphatic carbocycles. The quantitative estimate of drug-likeness (QED) is 0.914. The topological polar surface area (TPSA) is 49.3 Å². The molecule has 18 heavy (non-hydrogen) atoms. The minimum atomic E-state index is -0.112. The number of hydrogen-bond acceptors (Lipinski definition) is 2. The summed E-state index contributed by atoms with van der Waals surface area (Å²) in [5, 5.41) is 12.0. The van der Waals surface area contributed by atoms with E-state index in [2.05, 4.69) is 21.2 Å². The lowest BCUT2D eigenvalue weighted by Gasteiger charge is -2.06. The number of amides is 1. The third-order valence-corrected chi connectivity index (χ3v) is 2.88. The molecule has 0 saturated heterocycles. The van der Waals surface area contributed by atoms with Crippen LogP contribution in [0.2, 0.25) is 0 Å². The molecule has 4 heteroatoms. The fraction of sp³-hybridized carbons (Fsp3) is 0.0714. The SMILES string of the molecule is O=C(Cc1cccc(Br)c1)Nc1cccc(O)c1. The first-order valence-electron chi connectivity index (χ1n) is 5.47. The number of carbonyl (C=O) groups excluding carboxylic acids is 1. The first-order valence-corrected chi connectivity index (χ1v) is 6.26. The Morgan fingerprint density at radius 2 is 1.94 bits per heavy atom. The molecule has 92 valence electrons. The molecule has 0 aliphatic heterocycles. The fourth-order valence-electron chi connectivity index (χ4n) is 1.62. The molecule has 0 atom stereocenters. The van der Waals surface area contributed by atoms with E-state index in [0.29, 0.717) is 12.1 Å². The maximum atomic E-state index is 11.8. The van der Waals surface area contributed by atoms with Crippen LogP contribution in [0.25, 0.3) is 0 Å².